The Morgan fingerprint density at radius 1 is 1.16 bits per heavy atom. The lowest BCUT2D eigenvalue weighted by molar-refractivity contribution is 0.287. The van der Waals surface area contributed by atoms with Crippen LogP contribution in [-0.2, 0) is 6.42 Å². The van der Waals surface area contributed by atoms with E-state index in [0.717, 1.165) is 6.07 Å². The van der Waals surface area contributed by atoms with Crippen LogP contribution in [0.2, 0.25) is 0 Å². The first-order valence-corrected chi connectivity index (χ1v) is 6.01. The summed E-state index contributed by atoms with van der Waals surface area (Å²) in [5.41, 5.74) is 1.39. The molecule has 0 saturated carbocycles. The molecule has 0 saturated heterocycles. The van der Waals surface area contributed by atoms with Gasteiger partial charge in [-0.25, -0.2) is 18.7 Å². The molecule has 5 heteroatoms. The molecular weight excluding hydrogens is 250 g/mol. The van der Waals surface area contributed by atoms with Gasteiger partial charge in [0.1, 0.15) is 17.5 Å². The molecule has 0 spiro atoms. The zero-order valence-corrected chi connectivity index (χ0v) is 10.5. The first kappa shape index (κ1) is 13.5. The number of aryl methyl sites for hydroxylation is 2. The number of benzene rings is 1. The van der Waals surface area contributed by atoms with Crippen molar-refractivity contribution in [1.82, 2.24) is 9.97 Å². The van der Waals surface area contributed by atoms with Crippen LogP contribution in [0.15, 0.2) is 24.3 Å². The number of aliphatic hydroxyl groups excluding tert-OH is 1. The van der Waals surface area contributed by atoms with E-state index in [9.17, 15) is 8.78 Å². The molecule has 3 nitrogen and oxygen atoms in total. The van der Waals surface area contributed by atoms with Crippen LogP contribution >= 0.6 is 0 Å². The van der Waals surface area contributed by atoms with Crippen LogP contribution in [-0.4, -0.2) is 21.7 Å². The van der Waals surface area contributed by atoms with Gasteiger partial charge in [0, 0.05) is 30.4 Å². The summed E-state index contributed by atoms with van der Waals surface area (Å²) >= 11 is 0. The molecule has 0 aliphatic rings. The lowest BCUT2D eigenvalue weighted by atomic mass is 10.1. The van der Waals surface area contributed by atoms with Gasteiger partial charge in [-0.3, -0.25) is 0 Å². The molecule has 0 atom stereocenters. The van der Waals surface area contributed by atoms with Crippen molar-refractivity contribution in [3.63, 3.8) is 0 Å². The third-order valence-corrected chi connectivity index (χ3v) is 2.67. The quantitative estimate of drug-likeness (QED) is 0.923. The molecule has 1 aromatic carbocycles. The number of halogens is 2. The van der Waals surface area contributed by atoms with Crippen molar-refractivity contribution in [2.45, 2.75) is 19.8 Å². The molecule has 2 aromatic rings. The van der Waals surface area contributed by atoms with E-state index in [4.69, 9.17) is 5.11 Å². The summed E-state index contributed by atoms with van der Waals surface area (Å²) in [5, 5.41) is 8.80. The Hall–Kier alpha value is -1.88. The summed E-state index contributed by atoms with van der Waals surface area (Å²) in [7, 11) is 0. The van der Waals surface area contributed by atoms with E-state index in [1.165, 1.54) is 12.1 Å². The van der Waals surface area contributed by atoms with Gasteiger partial charge < -0.3 is 5.11 Å². The van der Waals surface area contributed by atoms with Gasteiger partial charge in [0.15, 0.2) is 0 Å². The fraction of sp³-hybridized carbons (Fsp3) is 0.286. The van der Waals surface area contributed by atoms with Crippen LogP contribution in [0.25, 0.3) is 11.3 Å². The average Bonchev–Trinajstić information content (AvgIpc) is 2.35. The van der Waals surface area contributed by atoms with Gasteiger partial charge in [-0.1, -0.05) is 0 Å². The van der Waals surface area contributed by atoms with Gasteiger partial charge >= 0.3 is 0 Å². The highest BCUT2D eigenvalue weighted by molar-refractivity contribution is 5.60. The lowest BCUT2D eigenvalue weighted by Crippen LogP contribution is -2.01. The number of hydrogen-bond donors (Lipinski definition) is 1. The largest absolute Gasteiger partial charge is 0.396 e. The van der Waals surface area contributed by atoms with E-state index >= 15 is 0 Å². The van der Waals surface area contributed by atoms with Gasteiger partial charge in [-0.2, -0.15) is 0 Å². The Morgan fingerprint density at radius 2 is 1.95 bits per heavy atom. The average molecular weight is 264 g/mol. The fourth-order valence-electron chi connectivity index (χ4n) is 1.81. The van der Waals surface area contributed by atoms with E-state index < -0.39 is 11.6 Å². The van der Waals surface area contributed by atoms with Crippen molar-refractivity contribution in [3.05, 3.63) is 47.4 Å². The summed E-state index contributed by atoms with van der Waals surface area (Å²) in [4.78, 5) is 8.47. The molecule has 0 fully saturated rings. The molecule has 1 heterocycles. The Balaban J connectivity index is 2.41. The second kappa shape index (κ2) is 5.84. The molecule has 1 N–H and O–H groups in total. The van der Waals surface area contributed by atoms with E-state index in [-0.39, 0.29) is 12.2 Å². The molecule has 0 amide bonds. The first-order chi connectivity index (χ1) is 9.10. The normalized spacial score (nSPS) is 10.7. The highest BCUT2D eigenvalue weighted by atomic mass is 19.1. The van der Waals surface area contributed by atoms with E-state index in [1.807, 2.05) is 0 Å². The Bertz CT molecular complexity index is 588. The number of rotatable bonds is 4. The van der Waals surface area contributed by atoms with Crippen LogP contribution in [0.3, 0.4) is 0 Å². The third kappa shape index (κ3) is 3.32. The van der Waals surface area contributed by atoms with Crippen molar-refractivity contribution in [1.29, 1.82) is 0 Å². The fourth-order valence-corrected chi connectivity index (χ4v) is 1.81. The van der Waals surface area contributed by atoms with Crippen molar-refractivity contribution < 1.29 is 13.9 Å². The van der Waals surface area contributed by atoms with E-state index in [2.05, 4.69) is 9.97 Å². The second-order valence-electron chi connectivity index (χ2n) is 4.26. The molecule has 100 valence electrons. The molecule has 0 unspecified atom stereocenters. The van der Waals surface area contributed by atoms with E-state index in [0.29, 0.717) is 30.1 Å². The van der Waals surface area contributed by atoms with Gasteiger partial charge in [-0.05, 0) is 31.5 Å². The van der Waals surface area contributed by atoms with Gasteiger partial charge in [-0.15, -0.1) is 0 Å². The Labute approximate surface area is 110 Å². The monoisotopic (exact) mass is 264 g/mol. The third-order valence-electron chi connectivity index (χ3n) is 2.67. The molecular formula is C14H14F2N2O. The lowest BCUT2D eigenvalue weighted by Gasteiger charge is -2.07. The van der Waals surface area contributed by atoms with Crippen LogP contribution in [0.1, 0.15) is 17.9 Å². The summed E-state index contributed by atoms with van der Waals surface area (Å²) in [6.45, 7) is 1.84. The second-order valence-corrected chi connectivity index (χ2v) is 4.26. The predicted octanol–water partition coefficient (Wildman–Crippen LogP) is 2.66. The van der Waals surface area contributed by atoms with Gasteiger partial charge in [0.05, 0.1) is 5.69 Å². The topological polar surface area (TPSA) is 46.0 Å². The van der Waals surface area contributed by atoms with E-state index in [1.54, 1.807) is 13.0 Å². The van der Waals surface area contributed by atoms with Crippen molar-refractivity contribution in [2.75, 3.05) is 6.61 Å². The minimum absolute atomic E-state index is 0.0531. The smallest absolute Gasteiger partial charge is 0.135 e. The Morgan fingerprint density at radius 3 is 2.63 bits per heavy atom. The molecule has 19 heavy (non-hydrogen) atoms. The SMILES string of the molecule is Cc1cc(-c2ccc(F)cc2F)nc(CCCO)n1. The number of hydrogen-bond acceptors (Lipinski definition) is 3. The Kier molecular flexibility index (Phi) is 4.16. The minimum atomic E-state index is -0.647. The van der Waals surface area contributed by atoms with Crippen LogP contribution in [0, 0.1) is 18.6 Å². The number of nitrogens with zero attached hydrogens (tertiary/aromatic N) is 2. The molecule has 0 radical (unpaired) electrons. The molecule has 1 aromatic heterocycles. The van der Waals surface area contributed by atoms with Crippen molar-refractivity contribution >= 4 is 0 Å². The highest BCUT2D eigenvalue weighted by Crippen LogP contribution is 2.22. The summed E-state index contributed by atoms with van der Waals surface area (Å²) in [6.07, 6.45) is 1.07. The zero-order chi connectivity index (χ0) is 13.8. The first-order valence-electron chi connectivity index (χ1n) is 6.01. The predicted molar refractivity (Wildman–Crippen MR) is 67.5 cm³/mol. The maximum Gasteiger partial charge on any atom is 0.135 e. The maximum atomic E-state index is 13.7. The summed E-state index contributed by atoms with van der Waals surface area (Å²) < 4.78 is 26.6. The maximum absolute atomic E-state index is 13.7. The highest BCUT2D eigenvalue weighted by Gasteiger charge is 2.10. The molecule has 0 bridgehead atoms. The minimum Gasteiger partial charge on any atom is -0.396 e. The van der Waals surface area contributed by atoms with Crippen molar-refractivity contribution in [2.24, 2.45) is 0 Å². The van der Waals surface area contributed by atoms with Crippen LogP contribution < -0.4 is 0 Å². The van der Waals surface area contributed by atoms with Gasteiger partial charge in [0.25, 0.3) is 0 Å². The van der Waals surface area contributed by atoms with Crippen LogP contribution in [0.4, 0.5) is 8.78 Å². The summed E-state index contributed by atoms with van der Waals surface area (Å²) in [6, 6.07) is 5.05. The molecule has 2 rings (SSSR count). The summed E-state index contributed by atoms with van der Waals surface area (Å²) in [5.74, 6) is -0.716. The van der Waals surface area contributed by atoms with Gasteiger partial charge in [0.2, 0.25) is 0 Å². The standard InChI is InChI=1S/C14H14F2N2O/c1-9-7-13(18-14(17-9)3-2-6-19)11-5-4-10(15)8-12(11)16/h4-5,7-8,19H,2-3,6H2,1H3. The molecule has 0 aliphatic heterocycles. The molecule has 0 aliphatic carbocycles. The number of aliphatic hydroxyl groups is 1. The zero-order valence-electron chi connectivity index (χ0n) is 10.5. The van der Waals surface area contributed by atoms with Crippen molar-refractivity contribution in [3.8, 4) is 11.3 Å². The number of aromatic nitrogens is 2. The van der Waals surface area contributed by atoms with Crippen LogP contribution in [0.5, 0.6) is 0 Å².